The second kappa shape index (κ2) is 6.74. The number of aromatic nitrogens is 2. The lowest BCUT2D eigenvalue weighted by molar-refractivity contribution is 0.0689. The first kappa shape index (κ1) is 16.0. The molecular weight excluding hydrogens is 310 g/mol. The van der Waals surface area contributed by atoms with E-state index in [4.69, 9.17) is 9.84 Å². The van der Waals surface area contributed by atoms with Crippen molar-refractivity contribution in [3.8, 4) is 5.75 Å². The van der Waals surface area contributed by atoms with Crippen LogP contribution in [0.2, 0.25) is 0 Å². The fourth-order valence-electron chi connectivity index (χ4n) is 2.76. The molecule has 126 valence electrons. The summed E-state index contributed by atoms with van der Waals surface area (Å²) >= 11 is 0. The number of rotatable bonds is 5. The predicted octanol–water partition coefficient (Wildman–Crippen LogP) is 2.10. The van der Waals surface area contributed by atoms with Crippen LogP contribution in [0.4, 0.5) is 0 Å². The maximum atomic E-state index is 12.6. The van der Waals surface area contributed by atoms with Gasteiger partial charge in [-0.05, 0) is 37.1 Å². The van der Waals surface area contributed by atoms with Crippen molar-refractivity contribution >= 4 is 11.9 Å². The molecule has 3 rings (SSSR count). The number of aromatic carboxylic acids is 1. The number of nitrogens with zero attached hydrogens (tertiary/aromatic N) is 2. The average Bonchev–Trinajstić information content (AvgIpc) is 3.03. The number of hydrogen-bond donors (Lipinski definition) is 2. The largest absolute Gasteiger partial charge is 0.494 e. The smallest absolute Gasteiger partial charge is 0.356 e. The maximum Gasteiger partial charge on any atom is 0.356 e. The lowest BCUT2D eigenvalue weighted by Crippen LogP contribution is -2.36. The highest BCUT2D eigenvalue weighted by atomic mass is 16.5. The number of ether oxygens (including phenoxy) is 1. The van der Waals surface area contributed by atoms with E-state index < -0.39 is 5.97 Å². The van der Waals surface area contributed by atoms with Crippen LogP contribution < -0.4 is 4.74 Å². The van der Waals surface area contributed by atoms with Gasteiger partial charge in [-0.25, -0.2) is 4.79 Å². The van der Waals surface area contributed by atoms with E-state index in [1.54, 1.807) is 29.2 Å². The number of hydrogen-bond acceptors (Lipinski definition) is 4. The molecule has 0 fully saturated rings. The van der Waals surface area contributed by atoms with Crippen LogP contribution >= 0.6 is 0 Å². The molecule has 0 saturated carbocycles. The van der Waals surface area contributed by atoms with Gasteiger partial charge in [-0.3, -0.25) is 9.89 Å². The summed E-state index contributed by atoms with van der Waals surface area (Å²) in [6.07, 6.45) is 1.41. The molecule has 0 saturated heterocycles. The highest BCUT2D eigenvalue weighted by molar-refractivity contribution is 5.94. The Morgan fingerprint density at radius 3 is 2.75 bits per heavy atom. The third-order valence-corrected chi connectivity index (χ3v) is 4.00. The van der Waals surface area contributed by atoms with E-state index in [0.717, 1.165) is 12.2 Å². The Balaban J connectivity index is 1.71. The van der Waals surface area contributed by atoms with Gasteiger partial charge in [0.2, 0.25) is 0 Å². The fourth-order valence-corrected chi connectivity index (χ4v) is 2.76. The molecule has 0 aliphatic carbocycles. The monoisotopic (exact) mass is 329 g/mol. The van der Waals surface area contributed by atoms with Crippen LogP contribution in [0.5, 0.6) is 5.75 Å². The predicted molar refractivity (Wildman–Crippen MR) is 86.2 cm³/mol. The van der Waals surface area contributed by atoms with E-state index in [2.05, 4.69) is 10.2 Å². The second-order valence-corrected chi connectivity index (χ2v) is 5.68. The van der Waals surface area contributed by atoms with Gasteiger partial charge in [-0.15, -0.1) is 0 Å². The van der Waals surface area contributed by atoms with E-state index in [1.165, 1.54) is 0 Å². The van der Waals surface area contributed by atoms with Crippen LogP contribution in [0.25, 0.3) is 0 Å². The van der Waals surface area contributed by atoms with Crippen molar-refractivity contribution in [2.75, 3.05) is 13.2 Å². The van der Waals surface area contributed by atoms with Crippen molar-refractivity contribution < 1.29 is 19.4 Å². The third-order valence-electron chi connectivity index (χ3n) is 4.00. The Labute approximate surface area is 139 Å². The van der Waals surface area contributed by atoms with Crippen molar-refractivity contribution in [1.29, 1.82) is 0 Å². The molecule has 2 aromatic rings. The molecule has 0 atom stereocenters. The lowest BCUT2D eigenvalue weighted by atomic mass is 10.0. The van der Waals surface area contributed by atoms with Gasteiger partial charge < -0.3 is 14.7 Å². The zero-order chi connectivity index (χ0) is 17.1. The van der Waals surface area contributed by atoms with E-state index in [0.29, 0.717) is 42.9 Å². The number of carbonyl (C=O) groups is 2. The normalized spacial score (nSPS) is 13.5. The Bertz CT molecular complexity index is 752. The van der Waals surface area contributed by atoms with Gasteiger partial charge in [-0.1, -0.05) is 6.92 Å². The molecule has 0 radical (unpaired) electrons. The van der Waals surface area contributed by atoms with Gasteiger partial charge in [0.25, 0.3) is 5.91 Å². The van der Waals surface area contributed by atoms with Crippen molar-refractivity contribution in [1.82, 2.24) is 15.1 Å². The molecule has 1 amide bonds. The first-order valence-corrected chi connectivity index (χ1v) is 7.91. The highest BCUT2D eigenvalue weighted by Crippen LogP contribution is 2.22. The summed E-state index contributed by atoms with van der Waals surface area (Å²) in [6.45, 7) is 3.49. The quantitative estimate of drug-likeness (QED) is 0.876. The minimum atomic E-state index is -1.05. The molecule has 7 nitrogen and oxygen atoms in total. The number of H-pyrrole nitrogens is 1. The van der Waals surface area contributed by atoms with Crippen LogP contribution in [-0.2, 0) is 13.0 Å². The first-order valence-electron chi connectivity index (χ1n) is 7.91. The summed E-state index contributed by atoms with van der Waals surface area (Å²) in [7, 11) is 0. The first-order chi connectivity index (χ1) is 11.6. The number of benzene rings is 1. The van der Waals surface area contributed by atoms with Crippen LogP contribution in [0.1, 0.15) is 45.4 Å². The summed E-state index contributed by atoms with van der Waals surface area (Å²) in [6, 6.07) is 7.07. The van der Waals surface area contributed by atoms with Gasteiger partial charge in [-0.2, -0.15) is 5.10 Å². The van der Waals surface area contributed by atoms with Gasteiger partial charge in [0.05, 0.1) is 18.8 Å². The summed E-state index contributed by atoms with van der Waals surface area (Å²) in [5, 5.41) is 15.7. The molecule has 1 aliphatic rings. The number of carbonyl (C=O) groups excluding carboxylic acids is 1. The van der Waals surface area contributed by atoms with Crippen LogP contribution in [0.15, 0.2) is 24.3 Å². The molecule has 1 aromatic carbocycles. The van der Waals surface area contributed by atoms with Crippen LogP contribution in [0.3, 0.4) is 0 Å². The van der Waals surface area contributed by atoms with Crippen molar-refractivity contribution in [3.63, 3.8) is 0 Å². The van der Waals surface area contributed by atoms with E-state index in [9.17, 15) is 9.59 Å². The number of nitrogens with one attached hydrogen (secondary N) is 1. The van der Waals surface area contributed by atoms with Gasteiger partial charge in [0.15, 0.2) is 5.69 Å². The van der Waals surface area contributed by atoms with E-state index in [1.807, 2.05) is 6.92 Å². The molecular formula is C17H19N3O4. The van der Waals surface area contributed by atoms with Gasteiger partial charge in [0.1, 0.15) is 5.75 Å². The molecule has 2 N–H and O–H groups in total. The molecule has 0 spiro atoms. The SMILES string of the molecule is CCCOc1ccc(C(=O)N2CCc3c(C(=O)O)n[nH]c3C2)cc1. The highest BCUT2D eigenvalue weighted by Gasteiger charge is 2.27. The summed E-state index contributed by atoms with van der Waals surface area (Å²) in [5.74, 6) is -0.391. The minimum absolute atomic E-state index is 0.0505. The molecule has 0 bridgehead atoms. The van der Waals surface area contributed by atoms with Gasteiger partial charge >= 0.3 is 5.97 Å². The summed E-state index contributed by atoms with van der Waals surface area (Å²) < 4.78 is 5.51. The fraction of sp³-hybridized carbons (Fsp3) is 0.353. The second-order valence-electron chi connectivity index (χ2n) is 5.68. The third kappa shape index (κ3) is 3.10. The van der Waals surface area contributed by atoms with Crippen molar-refractivity contribution in [3.05, 3.63) is 46.8 Å². The summed E-state index contributed by atoms with van der Waals surface area (Å²) in [4.78, 5) is 25.4. The Hall–Kier alpha value is -2.83. The summed E-state index contributed by atoms with van der Waals surface area (Å²) in [5.41, 5.74) is 2.01. The van der Waals surface area contributed by atoms with E-state index in [-0.39, 0.29) is 11.6 Å². The molecule has 1 aromatic heterocycles. The molecule has 0 unspecified atom stereocenters. The Morgan fingerprint density at radius 2 is 2.08 bits per heavy atom. The molecule has 1 aliphatic heterocycles. The van der Waals surface area contributed by atoms with Gasteiger partial charge in [0, 0.05) is 17.7 Å². The molecule has 24 heavy (non-hydrogen) atoms. The van der Waals surface area contributed by atoms with Crippen LogP contribution in [0, 0.1) is 0 Å². The Morgan fingerprint density at radius 1 is 1.33 bits per heavy atom. The standard InChI is InChI=1S/C17H19N3O4/c1-2-9-24-12-5-3-11(4-6-12)16(21)20-8-7-13-14(10-20)18-19-15(13)17(22)23/h3-6H,2,7-10H2,1H3,(H,18,19)(H,22,23). The number of fused-ring (bicyclic) bond motifs is 1. The van der Waals surface area contributed by atoms with E-state index >= 15 is 0 Å². The average molecular weight is 329 g/mol. The topological polar surface area (TPSA) is 95.5 Å². The zero-order valence-corrected chi connectivity index (χ0v) is 13.4. The molecule has 2 heterocycles. The maximum absolute atomic E-state index is 12.6. The number of aromatic amines is 1. The zero-order valence-electron chi connectivity index (χ0n) is 13.4. The lowest BCUT2D eigenvalue weighted by Gasteiger charge is -2.26. The molecule has 7 heteroatoms. The minimum Gasteiger partial charge on any atom is -0.494 e. The number of carboxylic acids is 1. The Kier molecular flexibility index (Phi) is 4.50. The number of carboxylic acid groups (broad SMARTS) is 1. The van der Waals surface area contributed by atoms with Crippen LogP contribution in [-0.4, -0.2) is 45.2 Å². The van der Waals surface area contributed by atoms with Crippen molar-refractivity contribution in [2.45, 2.75) is 26.3 Å². The van der Waals surface area contributed by atoms with Crippen molar-refractivity contribution in [2.24, 2.45) is 0 Å². The number of amides is 1.